The van der Waals surface area contributed by atoms with E-state index in [2.05, 4.69) is 20.7 Å². The van der Waals surface area contributed by atoms with E-state index in [-0.39, 0.29) is 10.8 Å². The molecule has 2 rings (SSSR count). The Hall–Kier alpha value is -0.890. The van der Waals surface area contributed by atoms with E-state index in [0.29, 0.717) is 10.2 Å². The van der Waals surface area contributed by atoms with Crippen LogP contribution in [0.15, 0.2) is 44.4 Å². The van der Waals surface area contributed by atoms with Crippen LogP contribution in [0.5, 0.6) is 0 Å². The molecule has 0 amide bonds. The minimum absolute atomic E-state index is 0.243. The van der Waals surface area contributed by atoms with Crippen molar-refractivity contribution in [2.24, 2.45) is 0 Å². The van der Waals surface area contributed by atoms with Crippen LogP contribution in [0.2, 0.25) is 0 Å². The Balaban J connectivity index is 2.11. The molecule has 0 aliphatic carbocycles. The van der Waals surface area contributed by atoms with E-state index in [9.17, 15) is 8.42 Å². The number of nitrogens with one attached hydrogen (secondary N) is 1. The van der Waals surface area contributed by atoms with Gasteiger partial charge in [0.25, 0.3) is 10.0 Å². The first-order valence-electron chi connectivity index (χ1n) is 5.06. The Morgan fingerprint density at radius 1 is 1.22 bits per heavy atom. The quantitative estimate of drug-likeness (QED) is 0.835. The summed E-state index contributed by atoms with van der Waals surface area (Å²) in [4.78, 5) is 0. The smallest absolute Gasteiger partial charge is 0.251 e. The summed E-state index contributed by atoms with van der Waals surface area (Å²) in [6.07, 6.45) is 0. The van der Waals surface area contributed by atoms with Gasteiger partial charge in [-0.05, 0) is 45.1 Å². The number of hydrogen-bond acceptors (Lipinski definition) is 4. The van der Waals surface area contributed by atoms with Crippen molar-refractivity contribution in [2.45, 2.75) is 10.8 Å². The molecule has 7 heteroatoms. The molecular formula is C11H11BrN2O2S2. The Morgan fingerprint density at radius 3 is 2.44 bits per heavy atom. The zero-order chi connectivity index (χ0) is 13.2. The number of rotatable bonds is 4. The highest BCUT2D eigenvalue weighted by Gasteiger charge is 2.18. The number of sulfonamides is 1. The first-order chi connectivity index (χ1) is 8.49. The molecule has 96 valence electrons. The van der Waals surface area contributed by atoms with E-state index in [1.54, 1.807) is 35.7 Å². The van der Waals surface area contributed by atoms with Gasteiger partial charge < -0.3 is 5.73 Å². The molecule has 2 aromatic rings. The van der Waals surface area contributed by atoms with Gasteiger partial charge in [0.05, 0.1) is 0 Å². The lowest BCUT2D eigenvalue weighted by molar-refractivity contribution is 0.583. The van der Waals surface area contributed by atoms with Crippen molar-refractivity contribution in [3.8, 4) is 0 Å². The average molecular weight is 347 g/mol. The van der Waals surface area contributed by atoms with Crippen molar-refractivity contribution in [2.75, 3.05) is 5.73 Å². The van der Waals surface area contributed by atoms with Gasteiger partial charge in [-0.15, -0.1) is 11.3 Å². The van der Waals surface area contributed by atoms with Gasteiger partial charge in [0.15, 0.2) is 0 Å². The summed E-state index contributed by atoms with van der Waals surface area (Å²) < 4.78 is 27.4. The number of halogens is 1. The molecule has 1 aromatic carbocycles. The number of nitrogen functional groups attached to an aromatic ring is 1. The molecule has 0 bridgehead atoms. The summed E-state index contributed by atoms with van der Waals surface area (Å²) in [5, 5.41) is 1.72. The van der Waals surface area contributed by atoms with Crippen LogP contribution in [-0.2, 0) is 16.6 Å². The van der Waals surface area contributed by atoms with Crippen LogP contribution in [0.4, 0.5) is 5.69 Å². The minimum atomic E-state index is -3.47. The number of anilines is 1. The average Bonchev–Trinajstić information content (AvgIpc) is 2.76. The Labute approximate surface area is 118 Å². The topological polar surface area (TPSA) is 72.2 Å². The second-order valence-electron chi connectivity index (χ2n) is 3.62. The molecule has 18 heavy (non-hydrogen) atoms. The predicted octanol–water partition coefficient (Wildman–Crippen LogP) is 2.57. The third-order valence-electron chi connectivity index (χ3n) is 2.27. The zero-order valence-electron chi connectivity index (χ0n) is 9.26. The maximum Gasteiger partial charge on any atom is 0.251 e. The fourth-order valence-corrected chi connectivity index (χ4v) is 4.75. The summed E-state index contributed by atoms with van der Waals surface area (Å²) >= 11 is 4.39. The molecule has 0 aliphatic heterocycles. The summed E-state index contributed by atoms with van der Waals surface area (Å²) in [6.45, 7) is 0.243. The van der Waals surface area contributed by atoms with Crippen molar-refractivity contribution in [1.29, 1.82) is 0 Å². The highest BCUT2D eigenvalue weighted by molar-refractivity contribution is 9.10. The standard InChI is InChI=1S/C11H11BrN2O2S2/c12-10-5-6-17-11(10)18(15,16)14-7-8-1-3-9(13)4-2-8/h1-6,14H,7,13H2. The Kier molecular flexibility index (Phi) is 4.06. The van der Waals surface area contributed by atoms with Crippen molar-refractivity contribution in [3.63, 3.8) is 0 Å². The van der Waals surface area contributed by atoms with Crippen molar-refractivity contribution in [1.82, 2.24) is 4.72 Å². The van der Waals surface area contributed by atoms with Gasteiger partial charge in [-0.3, -0.25) is 0 Å². The van der Waals surface area contributed by atoms with Crippen molar-refractivity contribution >= 4 is 43.0 Å². The second kappa shape index (κ2) is 5.40. The molecule has 3 N–H and O–H groups in total. The van der Waals surface area contributed by atoms with Crippen LogP contribution in [0.25, 0.3) is 0 Å². The number of thiophene rings is 1. The SMILES string of the molecule is Nc1ccc(CNS(=O)(=O)c2sccc2Br)cc1. The molecule has 0 atom stereocenters. The Bertz CT molecular complexity index is 635. The van der Waals surface area contributed by atoms with E-state index in [4.69, 9.17) is 5.73 Å². The fourth-order valence-electron chi connectivity index (χ4n) is 1.35. The first-order valence-corrected chi connectivity index (χ1v) is 8.22. The van der Waals surface area contributed by atoms with Crippen molar-refractivity contribution in [3.05, 3.63) is 45.7 Å². The van der Waals surface area contributed by atoms with Gasteiger partial charge in [0.1, 0.15) is 4.21 Å². The predicted molar refractivity (Wildman–Crippen MR) is 76.9 cm³/mol. The van der Waals surface area contributed by atoms with Gasteiger partial charge in [-0.2, -0.15) is 0 Å². The van der Waals surface area contributed by atoms with Crippen LogP contribution >= 0.6 is 27.3 Å². The molecule has 0 saturated carbocycles. The van der Waals surface area contributed by atoms with E-state index in [1.807, 2.05) is 0 Å². The van der Waals surface area contributed by atoms with E-state index < -0.39 is 10.0 Å². The molecule has 0 spiro atoms. The van der Waals surface area contributed by atoms with E-state index >= 15 is 0 Å². The van der Waals surface area contributed by atoms with Crippen LogP contribution in [0, 0.1) is 0 Å². The molecule has 1 heterocycles. The summed E-state index contributed by atoms with van der Waals surface area (Å²) in [5.41, 5.74) is 7.08. The lowest BCUT2D eigenvalue weighted by Gasteiger charge is -2.05. The molecule has 0 unspecified atom stereocenters. The normalized spacial score (nSPS) is 11.6. The zero-order valence-corrected chi connectivity index (χ0v) is 12.5. The molecule has 4 nitrogen and oxygen atoms in total. The number of nitrogens with two attached hydrogens (primary N) is 1. The van der Waals surface area contributed by atoms with Crippen molar-refractivity contribution < 1.29 is 8.42 Å². The van der Waals surface area contributed by atoms with Crippen LogP contribution in [0.1, 0.15) is 5.56 Å². The monoisotopic (exact) mass is 346 g/mol. The van der Waals surface area contributed by atoms with Crippen LogP contribution < -0.4 is 10.5 Å². The Morgan fingerprint density at radius 2 is 1.89 bits per heavy atom. The van der Waals surface area contributed by atoms with Gasteiger partial charge in [-0.1, -0.05) is 12.1 Å². The molecular weight excluding hydrogens is 336 g/mol. The number of hydrogen-bond donors (Lipinski definition) is 2. The highest BCUT2D eigenvalue weighted by Crippen LogP contribution is 2.27. The first kappa shape index (κ1) is 13.5. The van der Waals surface area contributed by atoms with Gasteiger partial charge >= 0.3 is 0 Å². The summed E-state index contributed by atoms with van der Waals surface area (Å²) in [6, 6.07) is 8.78. The summed E-state index contributed by atoms with van der Waals surface area (Å²) in [7, 11) is -3.47. The second-order valence-corrected chi connectivity index (χ2v) is 7.35. The molecule has 0 saturated heterocycles. The van der Waals surface area contributed by atoms with Crippen LogP contribution in [-0.4, -0.2) is 8.42 Å². The fraction of sp³-hybridized carbons (Fsp3) is 0.0909. The molecule has 0 aliphatic rings. The lowest BCUT2D eigenvalue weighted by atomic mass is 10.2. The third kappa shape index (κ3) is 3.11. The molecule has 1 aromatic heterocycles. The molecule has 0 fully saturated rings. The largest absolute Gasteiger partial charge is 0.399 e. The van der Waals surface area contributed by atoms with Gasteiger partial charge in [0.2, 0.25) is 0 Å². The minimum Gasteiger partial charge on any atom is -0.399 e. The third-order valence-corrected chi connectivity index (χ3v) is 6.35. The van der Waals surface area contributed by atoms with E-state index in [1.165, 1.54) is 11.3 Å². The summed E-state index contributed by atoms with van der Waals surface area (Å²) in [5.74, 6) is 0. The van der Waals surface area contributed by atoms with E-state index in [0.717, 1.165) is 5.56 Å². The molecule has 0 radical (unpaired) electrons. The lowest BCUT2D eigenvalue weighted by Crippen LogP contribution is -2.22. The highest BCUT2D eigenvalue weighted by atomic mass is 79.9. The maximum absolute atomic E-state index is 12.0. The van der Waals surface area contributed by atoms with Crippen LogP contribution in [0.3, 0.4) is 0 Å². The van der Waals surface area contributed by atoms with Gasteiger partial charge in [0, 0.05) is 16.7 Å². The van der Waals surface area contributed by atoms with Gasteiger partial charge in [-0.25, -0.2) is 13.1 Å². The maximum atomic E-state index is 12.0. The number of benzene rings is 1.